The van der Waals surface area contributed by atoms with E-state index in [0.29, 0.717) is 0 Å². The molecular weight excluding hydrogens is 484 g/mol. The number of sulfonamides is 1. The Hall–Kier alpha value is -3.03. The molecule has 186 valence electrons. The van der Waals surface area contributed by atoms with Gasteiger partial charge in [-0.1, -0.05) is 55.8 Å². The summed E-state index contributed by atoms with van der Waals surface area (Å²) < 4.78 is 33.6. The summed E-state index contributed by atoms with van der Waals surface area (Å²) in [6.07, 6.45) is 0. The van der Waals surface area contributed by atoms with Crippen molar-refractivity contribution >= 4 is 33.2 Å². The zero-order valence-corrected chi connectivity index (χ0v) is 22.2. The minimum atomic E-state index is -4.04. The molecule has 3 aromatic rings. The molecule has 0 bridgehead atoms. The molecule has 6 nitrogen and oxygen atoms in total. The van der Waals surface area contributed by atoms with Crippen LogP contribution in [0.5, 0.6) is 5.75 Å². The Morgan fingerprint density at radius 2 is 1.63 bits per heavy atom. The monoisotopic (exact) mass is 514 g/mol. The highest BCUT2D eigenvalue weighted by Gasteiger charge is 2.29. The lowest BCUT2D eigenvalue weighted by Crippen LogP contribution is -2.41. The highest BCUT2D eigenvalue weighted by atomic mass is 35.5. The molecule has 0 spiro atoms. The Morgan fingerprint density at radius 1 is 1.00 bits per heavy atom. The van der Waals surface area contributed by atoms with Crippen LogP contribution in [-0.4, -0.2) is 28.0 Å². The van der Waals surface area contributed by atoms with Crippen LogP contribution in [0.25, 0.3) is 0 Å². The summed E-state index contributed by atoms with van der Waals surface area (Å²) in [6, 6.07) is 18.2. The summed E-state index contributed by atoms with van der Waals surface area (Å²) in [4.78, 5) is 13.2. The van der Waals surface area contributed by atoms with Gasteiger partial charge in [0.05, 0.1) is 28.8 Å². The number of aryl methyl sites for hydroxylation is 1. The lowest BCUT2D eigenvalue weighted by Gasteiger charge is -2.26. The smallest absolute Gasteiger partial charge is 0.264 e. The van der Waals surface area contributed by atoms with Gasteiger partial charge in [-0.3, -0.25) is 9.10 Å². The number of rotatable bonds is 9. The van der Waals surface area contributed by atoms with Crippen molar-refractivity contribution in [3.05, 3.63) is 88.4 Å². The van der Waals surface area contributed by atoms with Crippen molar-refractivity contribution in [1.29, 1.82) is 0 Å². The summed E-state index contributed by atoms with van der Waals surface area (Å²) in [5.74, 6) is 0.593. The third-order valence-corrected chi connectivity index (χ3v) is 7.92. The maximum absolute atomic E-state index is 13.5. The zero-order chi connectivity index (χ0) is 25.8. The van der Waals surface area contributed by atoms with Crippen molar-refractivity contribution in [2.75, 3.05) is 18.0 Å². The number of amides is 1. The quantitative estimate of drug-likeness (QED) is 0.388. The van der Waals surface area contributed by atoms with Gasteiger partial charge < -0.3 is 10.1 Å². The molecule has 0 aliphatic carbocycles. The molecule has 0 heterocycles. The second-order valence-corrected chi connectivity index (χ2v) is 10.9. The number of anilines is 1. The predicted molar refractivity (Wildman–Crippen MR) is 141 cm³/mol. The number of para-hydroxylation sites is 1. The number of halogens is 1. The third kappa shape index (κ3) is 5.97. The van der Waals surface area contributed by atoms with Crippen molar-refractivity contribution in [3.8, 4) is 5.75 Å². The number of nitrogens with one attached hydrogen (secondary N) is 1. The minimum Gasteiger partial charge on any atom is -0.496 e. The van der Waals surface area contributed by atoms with Gasteiger partial charge in [0.25, 0.3) is 10.0 Å². The molecule has 0 fully saturated rings. The Morgan fingerprint density at radius 3 is 2.23 bits per heavy atom. The third-order valence-electron chi connectivity index (χ3n) is 5.82. The normalized spacial score (nSPS) is 12.3. The van der Waals surface area contributed by atoms with E-state index < -0.39 is 22.5 Å². The van der Waals surface area contributed by atoms with Gasteiger partial charge in [-0.05, 0) is 72.9 Å². The van der Waals surface area contributed by atoms with Gasteiger partial charge in [0.2, 0.25) is 5.91 Å². The molecule has 0 aliphatic heterocycles. The van der Waals surface area contributed by atoms with E-state index in [9.17, 15) is 13.2 Å². The highest BCUT2D eigenvalue weighted by Crippen LogP contribution is 2.33. The van der Waals surface area contributed by atoms with Crippen LogP contribution in [0.1, 0.15) is 49.4 Å². The van der Waals surface area contributed by atoms with Crippen LogP contribution in [0.3, 0.4) is 0 Å². The molecule has 1 amide bonds. The van der Waals surface area contributed by atoms with Crippen LogP contribution < -0.4 is 14.4 Å². The fourth-order valence-corrected chi connectivity index (χ4v) is 5.73. The van der Waals surface area contributed by atoms with Gasteiger partial charge in [-0.15, -0.1) is 0 Å². The summed E-state index contributed by atoms with van der Waals surface area (Å²) in [6.45, 7) is 7.58. The first-order valence-corrected chi connectivity index (χ1v) is 13.2. The first-order valence-electron chi connectivity index (χ1n) is 11.4. The van der Waals surface area contributed by atoms with Crippen LogP contribution in [0.2, 0.25) is 5.02 Å². The van der Waals surface area contributed by atoms with Crippen molar-refractivity contribution in [2.45, 2.75) is 44.6 Å². The van der Waals surface area contributed by atoms with Crippen LogP contribution >= 0.6 is 11.6 Å². The zero-order valence-electron chi connectivity index (χ0n) is 20.6. The molecule has 0 saturated carbocycles. The Kier molecular flexibility index (Phi) is 8.46. The second kappa shape index (κ2) is 11.1. The van der Waals surface area contributed by atoms with E-state index in [1.807, 2.05) is 26.0 Å². The van der Waals surface area contributed by atoms with E-state index in [-0.39, 0.29) is 27.6 Å². The number of nitrogens with zero attached hydrogens (tertiary/aromatic N) is 1. The molecule has 35 heavy (non-hydrogen) atoms. The van der Waals surface area contributed by atoms with Crippen molar-refractivity contribution in [1.82, 2.24) is 5.32 Å². The van der Waals surface area contributed by atoms with E-state index >= 15 is 0 Å². The predicted octanol–water partition coefficient (Wildman–Crippen LogP) is 5.85. The van der Waals surface area contributed by atoms with Crippen molar-refractivity contribution in [2.24, 2.45) is 0 Å². The standard InChI is InChI=1S/C27H31ClN2O4S/c1-18(2)22-16-23(19(3)15-26(22)34-5)20(4)29-27(31)17-30(25-14-10-9-13-24(25)28)35(32,33)21-11-7-6-8-12-21/h6-16,18,20H,17H2,1-5H3,(H,29,31)/t20-/m0/s1. The summed E-state index contributed by atoms with van der Waals surface area (Å²) in [7, 11) is -2.39. The van der Waals surface area contributed by atoms with Crippen molar-refractivity contribution < 1.29 is 17.9 Å². The van der Waals surface area contributed by atoms with E-state index in [1.54, 1.807) is 49.6 Å². The van der Waals surface area contributed by atoms with Crippen molar-refractivity contribution in [3.63, 3.8) is 0 Å². The SMILES string of the molecule is COc1cc(C)c([C@H](C)NC(=O)CN(c2ccccc2Cl)S(=O)(=O)c2ccccc2)cc1C(C)C. The van der Waals surface area contributed by atoms with E-state index in [4.69, 9.17) is 16.3 Å². The summed E-state index contributed by atoms with van der Waals surface area (Å²) in [5, 5.41) is 3.19. The van der Waals surface area contributed by atoms with E-state index in [1.165, 1.54) is 12.1 Å². The van der Waals surface area contributed by atoms with Gasteiger partial charge in [0, 0.05) is 0 Å². The van der Waals surface area contributed by atoms with Gasteiger partial charge in [0.15, 0.2) is 0 Å². The van der Waals surface area contributed by atoms with E-state index in [2.05, 4.69) is 19.2 Å². The summed E-state index contributed by atoms with van der Waals surface area (Å²) in [5.41, 5.74) is 3.19. The number of hydrogen-bond acceptors (Lipinski definition) is 4. The van der Waals surface area contributed by atoms with Gasteiger partial charge >= 0.3 is 0 Å². The Bertz CT molecular complexity index is 1290. The van der Waals surface area contributed by atoms with Crippen LogP contribution in [-0.2, 0) is 14.8 Å². The molecule has 0 unspecified atom stereocenters. The number of hydrogen-bond donors (Lipinski definition) is 1. The van der Waals surface area contributed by atoms with Crippen LogP contribution in [0.15, 0.2) is 71.6 Å². The molecule has 8 heteroatoms. The minimum absolute atomic E-state index is 0.0772. The number of carbonyl (C=O) groups is 1. The summed E-state index contributed by atoms with van der Waals surface area (Å²) >= 11 is 6.34. The Balaban J connectivity index is 1.92. The Labute approximate surface area is 212 Å². The molecule has 0 saturated heterocycles. The molecule has 0 aliphatic rings. The van der Waals surface area contributed by atoms with Gasteiger partial charge in [0.1, 0.15) is 12.3 Å². The highest BCUT2D eigenvalue weighted by molar-refractivity contribution is 7.92. The lowest BCUT2D eigenvalue weighted by molar-refractivity contribution is -0.120. The largest absolute Gasteiger partial charge is 0.496 e. The molecule has 3 rings (SSSR count). The number of ether oxygens (including phenoxy) is 1. The molecule has 1 N–H and O–H groups in total. The number of carbonyl (C=O) groups excluding carboxylic acids is 1. The number of benzene rings is 3. The van der Waals surface area contributed by atoms with Crippen LogP contribution in [0.4, 0.5) is 5.69 Å². The number of methoxy groups -OCH3 is 1. The maximum atomic E-state index is 13.5. The molecule has 3 aromatic carbocycles. The first-order chi connectivity index (χ1) is 16.6. The average molecular weight is 515 g/mol. The molecule has 0 radical (unpaired) electrons. The first kappa shape index (κ1) is 26.6. The molecule has 0 aromatic heterocycles. The van der Waals surface area contributed by atoms with Crippen LogP contribution in [0, 0.1) is 6.92 Å². The molecular formula is C27H31ClN2O4S. The second-order valence-electron chi connectivity index (χ2n) is 8.67. The molecule has 1 atom stereocenters. The fraction of sp³-hybridized carbons (Fsp3) is 0.296. The van der Waals surface area contributed by atoms with E-state index in [0.717, 1.165) is 26.7 Å². The maximum Gasteiger partial charge on any atom is 0.264 e. The average Bonchev–Trinajstić information content (AvgIpc) is 2.83. The van der Waals surface area contributed by atoms with Gasteiger partial charge in [-0.25, -0.2) is 8.42 Å². The van der Waals surface area contributed by atoms with Gasteiger partial charge in [-0.2, -0.15) is 0 Å². The topological polar surface area (TPSA) is 75.7 Å². The fourth-order valence-electron chi connectivity index (χ4n) is 3.98. The lowest BCUT2D eigenvalue weighted by atomic mass is 9.93.